The standard InChI is InChI=1S/C15H18O7/c1-3-12(16)20-9-10-21-13(17)11-7-5-6-8-15(11,14(18)19)22-4-2/h3,5-8,11H,1,4,9-10H2,2H3,(H,18,19). The SMILES string of the molecule is C=CC(=O)OCCOC(=O)C1C=CC=CC1(OCC)C(=O)O. The lowest BCUT2D eigenvalue weighted by molar-refractivity contribution is -0.175. The van der Waals surface area contributed by atoms with Gasteiger partial charge in [-0.25, -0.2) is 9.59 Å². The van der Waals surface area contributed by atoms with Crippen LogP contribution in [0.5, 0.6) is 0 Å². The van der Waals surface area contributed by atoms with Crippen LogP contribution in [0.25, 0.3) is 0 Å². The topological polar surface area (TPSA) is 99.1 Å². The molecule has 22 heavy (non-hydrogen) atoms. The van der Waals surface area contributed by atoms with E-state index in [0.29, 0.717) is 0 Å². The fraction of sp³-hybridized carbons (Fsp3) is 0.400. The molecule has 1 aliphatic rings. The summed E-state index contributed by atoms with van der Waals surface area (Å²) in [6.45, 7) is 4.65. The summed E-state index contributed by atoms with van der Waals surface area (Å²) < 4.78 is 14.9. The Morgan fingerprint density at radius 2 is 1.95 bits per heavy atom. The van der Waals surface area contributed by atoms with Crippen molar-refractivity contribution in [1.82, 2.24) is 0 Å². The van der Waals surface area contributed by atoms with Gasteiger partial charge < -0.3 is 19.3 Å². The molecule has 0 heterocycles. The Kier molecular flexibility index (Phi) is 6.52. The summed E-state index contributed by atoms with van der Waals surface area (Å²) >= 11 is 0. The van der Waals surface area contributed by atoms with Crippen molar-refractivity contribution in [3.8, 4) is 0 Å². The Bertz CT molecular complexity index is 506. The molecule has 1 rings (SSSR count). The lowest BCUT2D eigenvalue weighted by atomic mass is 9.83. The van der Waals surface area contributed by atoms with Crippen molar-refractivity contribution in [3.63, 3.8) is 0 Å². The molecule has 0 bridgehead atoms. The van der Waals surface area contributed by atoms with Crippen LogP contribution in [-0.4, -0.2) is 48.4 Å². The van der Waals surface area contributed by atoms with Gasteiger partial charge in [-0.1, -0.05) is 24.8 Å². The minimum absolute atomic E-state index is 0.116. The molecule has 2 atom stereocenters. The zero-order valence-corrected chi connectivity index (χ0v) is 12.2. The summed E-state index contributed by atoms with van der Waals surface area (Å²) in [5.74, 6) is -3.81. The number of ether oxygens (including phenoxy) is 3. The van der Waals surface area contributed by atoms with Gasteiger partial charge in [-0.3, -0.25) is 4.79 Å². The third-order valence-electron chi connectivity index (χ3n) is 2.93. The second kappa shape index (κ2) is 8.14. The van der Waals surface area contributed by atoms with Crippen LogP contribution in [0.15, 0.2) is 37.0 Å². The van der Waals surface area contributed by atoms with Crippen molar-refractivity contribution in [3.05, 3.63) is 37.0 Å². The number of carboxylic acids is 1. The van der Waals surface area contributed by atoms with Crippen LogP contribution < -0.4 is 0 Å². The van der Waals surface area contributed by atoms with Gasteiger partial charge in [-0.15, -0.1) is 0 Å². The number of hydrogen-bond donors (Lipinski definition) is 1. The molecule has 2 unspecified atom stereocenters. The van der Waals surface area contributed by atoms with E-state index in [1.807, 2.05) is 0 Å². The number of esters is 2. The molecule has 0 aromatic rings. The number of aliphatic carboxylic acids is 1. The van der Waals surface area contributed by atoms with Gasteiger partial charge in [0.1, 0.15) is 19.1 Å². The van der Waals surface area contributed by atoms with E-state index in [4.69, 9.17) is 9.47 Å². The minimum Gasteiger partial charge on any atom is -0.479 e. The number of allylic oxidation sites excluding steroid dienone is 2. The highest BCUT2D eigenvalue weighted by atomic mass is 16.6. The molecule has 1 aliphatic carbocycles. The highest BCUT2D eigenvalue weighted by Gasteiger charge is 2.49. The second-order valence-corrected chi connectivity index (χ2v) is 4.29. The smallest absolute Gasteiger partial charge is 0.341 e. The van der Waals surface area contributed by atoms with E-state index in [0.717, 1.165) is 6.08 Å². The summed E-state index contributed by atoms with van der Waals surface area (Å²) in [5, 5.41) is 9.42. The van der Waals surface area contributed by atoms with Crippen molar-refractivity contribution in [2.75, 3.05) is 19.8 Å². The van der Waals surface area contributed by atoms with Gasteiger partial charge >= 0.3 is 17.9 Å². The number of rotatable bonds is 8. The number of hydrogen-bond acceptors (Lipinski definition) is 6. The molecule has 0 fully saturated rings. The summed E-state index contributed by atoms with van der Waals surface area (Å²) in [6, 6.07) is 0. The predicted molar refractivity (Wildman–Crippen MR) is 75.9 cm³/mol. The molecule has 1 N–H and O–H groups in total. The van der Waals surface area contributed by atoms with Crippen molar-refractivity contribution in [2.24, 2.45) is 5.92 Å². The molecular weight excluding hydrogens is 292 g/mol. The van der Waals surface area contributed by atoms with Crippen LogP contribution in [0.1, 0.15) is 6.92 Å². The second-order valence-electron chi connectivity index (χ2n) is 4.29. The first-order chi connectivity index (χ1) is 10.5. The summed E-state index contributed by atoms with van der Waals surface area (Å²) in [4.78, 5) is 34.5. The molecule has 0 aromatic heterocycles. The molecule has 0 aliphatic heterocycles. The van der Waals surface area contributed by atoms with Gasteiger partial charge in [0, 0.05) is 12.7 Å². The molecule has 7 heteroatoms. The Labute approximate surface area is 127 Å². The van der Waals surface area contributed by atoms with E-state index in [1.54, 1.807) is 13.0 Å². The van der Waals surface area contributed by atoms with E-state index in [9.17, 15) is 19.5 Å². The zero-order chi connectivity index (χ0) is 16.6. The quantitative estimate of drug-likeness (QED) is 0.403. The molecule has 0 radical (unpaired) electrons. The van der Waals surface area contributed by atoms with E-state index in [2.05, 4.69) is 11.3 Å². The lowest BCUT2D eigenvalue weighted by Gasteiger charge is -2.32. The molecule has 0 amide bonds. The largest absolute Gasteiger partial charge is 0.479 e. The van der Waals surface area contributed by atoms with E-state index >= 15 is 0 Å². The summed E-state index contributed by atoms with van der Waals surface area (Å²) in [7, 11) is 0. The molecule has 120 valence electrons. The van der Waals surface area contributed by atoms with Crippen LogP contribution in [0.2, 0.25) is 0 Å². The van der Waals surface area contributed by atoms with Crippen molar-refractivity contribution in [1.29, 1.82) is 0 Å². The van der Waals surface area contributed by atoms with Crippen LogP contribution in [0, 0.1) is 5.92 Å². The van der Waals surface area contributed by atoms with Gasteiger partial charge in [-0.05, 0) is 13.0 Å². The van der Waals surface area contributed by atoms with Crippen LogP contribution in [0.3, 0.4) is 0 Å². The first-order valence-corrected chi connectivity index (χ1v) is 6.67. The van der Waals surface area contributed by atoms with E-state index in [-0.39, 0.29) is 19.8 Å². The Morgan fingerprint density at radius 3 is 2.55 bits per heavy atom. The fourth-order valence-electron chi connectivity index (χ4n) is 1.95. The van der Waals surface area contributed by atoms with Crippen molar-refractivity contribution < 1.29 is 33.7 Å². The molecule has 7 nitrogen and oxygen atoms in total. The van der Waals surface area contributed by atoms with E-state index < -0.39 is 29.4 Å². The highest BCUT2D eigenvalue weighted by molar-refractivity contribution is 5.90. The van der Waals surface area contributed by atoms with Crippen molar-refractivity contribution >= 4 is 17.9 Å². The van der Waals surface area contributed by atoms with Crippen LogP contribution in [0.4, 0.5) is 0 Å². The maximum atomic E-state index is 12.1. The average molecular weight is 310 g/mol. The highest BCUT2D eigenvalue weighted by Crippen LogP contribution is 2.30. The number of carbonyl (C=O) groups is 3. The molecule has 0 saturated heterocycles. The predicted octanol–water partition coefficient (Wildman–Crippen LogP) is 0.861. The van der Waals surface area contributed by atoms with Crippen LogP contribution in [-0.2, 0) is 28.6 Å². The van der Waals surface area contributed by atoms with Crippen molar-refractivity contribution in [2.45, 2.75) is 12.5 Å². The van der Waals surface area contributed by atoms with Gasteiger partial charge in [0.25, 0.3) is 0 Å². The minimum atomic E-state index is -1.79. The first-order valence-electron chi connectivity index (χ1n) is 6.67. The maximum Gasteiger partial charge on any atom is 0.341 e. The van der Waals surface area contributed by atoms with E-state index in [1.165, 1.54) is 18.2 Å². The van der Waals surface area contributed by atoms with Gasteiger partial charge in [0.05, 0.1) is 0 Å². The fourth-order valence-corrected chi connectivity index (χ4v) is 1.95. The molecule has 0 aromatic carbocycles. The average Bonchev–Trinajstić information content (AvgIpc) is 2.51. The maximum absolute atomic E-state index is 12.1. The zero-order valence-electron chi connectivity index (χ0n) is 12.2. The molecular formula is C15H18O7. The molecule has 0 saturated carbocycles. The Morgan fingerprint density at radius 1 is 1.27 bits per heavy atom. The van der Waals surface area contributed by atoms with Gasteiger partial charge in [0.2, 0.25) is 0 Å². The normalized spacial score (nSPS) is 22.9. The molecule has 0 spiro atoms. The Balaban J connectivity index is 2.70. The third-order valence-corrected chi connectivity index (χ3v) is 2.93. The van der Waals surface area contributed by atoms with Crippen LogP contribution >= 0.6 is 0 Å². The third kappa shape index (κ3) is 4.05. The lowest BCUT2D eigenvalue weighted by Crippen LogP contribution is -2.50. The monoisotopic (exact) mass is 310 g/mol. The van der Waals surface area contributed by atoms with Gasteiger partial charge in [0.15, 0.2) is 5.60 Å². The Hall–Kier alpha value is -2.41. The first kappa shape index (κ1) is 17.6. The summed E-state index contributed by atoms with van der Waals surface area (Å²) in [6.07, 6.45) is 6.74. The summed E-state index contributed by atoms with van der Waals surface area (Å²) in [5.41, 5.74) is -1.79. The number of carbonyl (C=O) groups excluding carboxylic acids is 2. The number of carboxylic acid groups (broad SMARTS) is 1. The van der Waals surface area contributed by atoms with Gasteiger partial charge in [-0.2, -0.15) is 0 Å².